The maximum atomic E-state index is 5.99. The molecule has 1 atom stereocenters. The summed E-state index contributed by atoms with van der Waals surface area (Å²) in [6, 6.07) is 3.70. The Morgan fingerprint density at radius 1 is 1.33 bits per heavy atom. The van der Waals surface area contributed by atoms with E-state index >= 15 is 0 Å². The number of piperazine rings is 1. The van der Waals surface area contributed by atoms with Gasteiger partial charge in [0.1, 0.15) is 5.82 Å². The summed E-state index contributed by atoms with van der Waals surface area (Å²) in [7, 11) is 2.10. The predicted molar refractivity (Wildman–Crippen MR) is 73.4 cm³/mol. The van der Waals surface area contributed by atoms with E-state index in [1.165, 1.54) is 0 Å². The van der Waals surface area contributed by atoms with Gasteiger partial charge in [-0.1, -0.05) is 23.2 Å². The van der Waals surface area contributed by atoms with E-state index in [0.717, 1.165) is 36.5 Å². The Bertz CT molecular complexity index is 542. The van der Waals surface area contributed by atoms with Crippen molar-refractivity contribution in [3.05, 3.63) is 28.0 Å². The Hall–Kier alpha value is -0.810. The van der Waals surface area contributed by atoms with Gasteiger partial charge in [0, 0.05) is 19.6 Å². The van der Waals surface area contributed by atoms with E-state index in [0.29, 0.717) is 10.0 Å². The molecule has 1 aromatic heterocycles. The van der Waals surface area contributed by atoms with Gasteiger partial charge in [-0.25, -0.2) is 10.3 Å². The highest BCUT2D eigenvalue weighted by molar-refractivity contribution is 6.42. The normalized spacial score (nSPS) is 21.6. The van der Waals surface area contributed by atoms with E-state index in [1.807, 2.05) is 6.07 Å². The van der Waals surface area contributed by atoms with Crippen LogP contribution in [-0.4, -0.2) is 41.5 Å². The third-order valence-corrected chi connectivity index (χ3v) is 3.90. The minimum Gasteiger partial charge on any atom is -0.341 e. The molecule has 18 heavy (non-hydrogen) atoms. The van der Waals surface area contributed by atoms with E-state index in [-0.39, 0.29) is 6.04 Å². The molecule has 1 aliphatic heterocycles. The molecule has 1 aromatic carbocycles. The number of aromatic nitrogens is 2. The first-order chi connectivity index (χ1) is 8.63. The number of H-pyrrole nitrogens is 1. The van der Waals surface area contributed by atoms with E-state index in [2.05, 4.69) is 27.2 Å². The van der Waals surface area contributed by atoms with Crippen molar-refractivity contribution in [1.82, 2.24) is 20.2 Å². The third kappa shape index (κ3) is 2.21. The van der Waals surface area contributed by atoms with Gasteiger partial charge in [-0.05, 0) is 19.2 Å². The predicted octanol–water partition coefficient (Wildman–Crippen LogP) is 2.46. The van der Waals surface area contributed by atoms with Crippen molar-refractivity contribution in [2.75, 3.05) is 26.7 Å². The molecule has 1 unspecified atom stereocenters. The molecule has 1 radical (unpaired) electrons. The molecule has 0 saturated carbocycles. The van der Waals surface area contributed by atoms with Gasteiger partial charge in [0.2, 0.25) is 0 Å². The zero-order chi connectivity index (χ0) is 12.7. The fraction of sp³-hybridized carbons (Fsp3) is 0.417. The first-order valence-electron chi connectivity index (χ1n) is 5.83. The number of nitrogens with zero attached hydrogens (tertiary/aromatic N) is 3. The lowest BCUT2D eigenvalue weighted by atomic mass is 10.2. The summed E-state index contributed by atoms with van der Waals surface area (Å²) in [5, 5.41) is 5.66. The van der Waals surface area contributed by atoms with Crippen LogP contribution in [0.2, 0.25) is 10.0 Å². The molecule has 4 nitrogen and oxygen atoms in total. The molecule has 1 N–H and O–H groups in total. The number of nitrogens with one attached hydrogen (secondary N) is 1. The van der Waals surface area contributed by atoms with Crippen LogP contribution in [0, 0.1) is 0 Å². The topological polar surface area (TPSA) is 46.0 Å². The van der Waals surface area contributed by atoms with Crippen LogP contribution in [0.1, 0.15) is 11.9 Å². The van der Waals surface area contributed by atoms with Crippen LogP contribution < -0.4 is 5.32 Å². The quantitative estimate of drug-likeness (QED) is 0.874. The van der Waals surface area contributed by atoms with Crippen LogP contribution in [-0.2, 0) is 0 Å². The molecule has 6 heteroatoms. The van der Waals surface area contributed by atoms with Crippen molar-refractivity contribution in [3.63, 3.8) is 0 Å². The standard InChI is InChI=1S/C12H13Cl2N4/c1-18-3-2-15-11(6-18)12-16-9-4-7(13)8(14)5-10(9)17-12/h4-5,11H,2-3,6H2,1H3,(H,16,17). The monoisotopic (exact) mass is 283 g/mol. The molecule has 2 aromatic rings. The maximum Gasteiger partial charge on any atom is 0.127 e. The zero-order valence-corrected chi connectivity index (χ0v) is 11.5. The highest BCUT2D eigenvalue weighted by Crippen LogP contribution is 2.28. The van der Waals surface area contributed by atoms with Crippen molar-refractivity contribution in [2.45, 2.75) is 6.04 Å². The fourth-order valence-corrected chi connectivity index (χ4v) is 2.51. The summed E-state index contributed by atoms with van der Waals surface area (Å²) in [5.74, 6) is 0.884. The second-order valence-corrected chi connectivity index (χ2v) is 5.40. The van der Waals surface area contributed by atoms with Gasteiger partial charge in [-0.3, -0.25) is 0 Å². The lowest BCUT2D eigenvalue weighted by Gasteiger charge is -2.28. The minimum absolute atomic E-state index is 0.105. The van der Waals surface area contributed by atoms with Gasteiger partial charge < -0.3 is 9.88 Å². The molecule has 2 heterocycles. The average Bonchev–Trinajstić information content (AvgIpc) is 2.73. The van der Waals surface area contributed by atoms with E-state index in [1.54, 1.807) is 6.07 Å². The van der Waals surface area contributed by atoms with Gasteiger partial charge in [0.15, 0.2) is 0 Å². The minimum atomic E-state index is 0.105. The van der Waals surface area contributed by atoms with Gasteiger partial charge in [0.25, 0.3) is 0 Å². The number of halogens is 2. The van der Waals surface area contributed by atoms with Crippen molar-refractivity contribution >= 4 is 34.2 Å². The van der Waals surface area contributed by atoms with E-state index in [9.17, 15) is 0 Å². The molecule has 1 saturated heterocycles. The van der Waals surface area contributed by atoms with Gasteiger partial charge in [-0.2, -0.15) is 0 Å². The molecule has 1 aliphatic rings. The number of aromatic amines is 1. The van der Waals surface area contributed by atoms with Crippen molar-refractivity contribution in [1.29, 1.82) is 0 Å². The summed E-state index contributed by atoms with van der Waals surface area (Å²) in [6.07, 6.45) is 0. The van der Waals surface area contributed by atoms with Crippen LogP contribution in [0.4, 0.5) is 0 Å². The second-order valence-electron chi connectivity index (χ2n) is 4.59. The van der Waals surface area contributed by atoms with Crippen molar-refractivity contribution in [3.8, 4) is 0 Å². The second kappa shape index (κ2) is 4.70. The largest absolute Gasteiger partial charge is 0.341 e. The number of hydrogen-bond acceptors (Lipinski definition) is 2. The van der Waals surface area contributed by atoms with Gasteiger partial charge >= 0.3 is 0 Å². The number of hydrogen-bond donors (Lipinski definition) is 1. The molecular formula is C12H13Cl2N4. The molecule has 1 fully saturated rings. The van der Waals surface area contributed by atoms with Crippen LogP contribution in [0.15, 0.2) is 12.1 Å². The summed E-state index contributed by atoms with van der Waals surface area (Å²) in [6.45, 7) is 2.75. The van der Waals surface area contributed by atoms with Crippen LogP contribution >= 0.6 is 23.2 Å². The first kappa shape index (κ1) is 12.2. The number of benzene rings is 1. The molecule has 0 bridgehead atoms. The Balaban J connectivity index is 1.97. The van der Waals surface area contributed by atoms with E-state index in [4.69, 9.17) is 23.2 Å². The van der Waals surface area contributed by atoms with Crippen molar-refractivity contribution < 1.29 is 0 Å². The lowest BCUT2D eigenvalue weighted by molar-refractivity contribution is 0.232. The Morgan fingerprint density at radius 3 is 2.89 bits per heavy atom. The summed E-state index contributed by atoms with van der Waals surface area (Å²) >= 11 is 12.0. The fourth-order valence-electron chi connectivity index (χ4n) is 2.18. The summed E-state index contributed by atoms with van der Waals surface area (Å²) in [4.78, 5) is 10.1. The molecule has 0 aliphatic carbocycles. The van der Waals surface area contributed by atoms with Crippen LogP contribution in [0.25, 0.3) is 11.0 Å². The zero-order valence-electron chi connectivity index (χ0n) is 9.95. The molecule has 95 valence electrons. The number of likely N-dealkylation sites (N-methyl/N-ethyl adjacent to an activating group) is 1. The van der Waals surface area contributed by atoms with Crippen LogP contribution in [0.3, 0.4) is 0 Å². The van der Waals surface area contributed by atoms with Crippen molar-refractivity contribution in [2.24, 2.45) is 0 Å². The molecule has 0 spiro atoms. The number of rotatable bonds is 1. The Labute approximate surface area is 115 Å². The smallest absolute Gasteiger partial charge is 0.127 e. The van der Waals surface area contributed by atoms with Crippen LogP contribution in [0.5, 0.6) is 0 Å². The number of fused-ring (bicyclic) bond motifs is 1. The summed E-state index contributed by atoms with van der Waals surface area (Å²) in [5.41, 5.74) is 1.74. The Kier molecular flexibility index (Phi) is 3.20. The van der Waals surface area contributed by atoms with Gasteiger partial charge in [0.05, 0.1) is 27.1 Å². The lowest BCUT2D eigenvalue weighted by Crippen LogP contribution is -2.40. The SMILES string of the molecule is CN1CC[N]C(c2nc3cc(Cl)c(Cl)cc3[nH]2)C1. The highest BCUT2D eigenvalue weighted by atomic mass is 35.5. The van der Waals surface area contributed by atoms with E-state index < -0.39 is 0 Å². The molecule has 3 rings (SSSR count). The first-order valence-corrected chi connectivity index (χ1v) is 6.59. The third-order valence-electron chi connectivity index (χ3n) is 3.17. The van der Waals surface area contributed by atoms with Gasteiger partial charge in [-0.15, -0.1) is 0 Å². The molecule has 0 amide bonds. The highest BCUT2D eigenvalue weighted by Gasteiger charge is 2.22. The summed E-state index contributed by atoms with van der Waals surface area (Å²) < 4.78 is 0. The maximum absolute atomic E-state index is 5.99. The average molecular weight is 284 g/mol. The molecular weight excluding hydrogens is 271 g/mol. The number of imidazole rings is 1. The Morgan fingerprint density at radius 2 is 2.11 bits per heavy atom.